The Balaban J connectivity index is 3.23. The number of nitrogens with zero attached hydrogens (tertiary/aromatic N) is 2. The Morgan fingerprint density at radius 3 is 2.90 bits per heavy atom. The minimum absolute atomic E-state index is 0.197. The van der Waals surface area contributed by atoms with Gasteiger partial charge in [-0.05, 0) is 5.92 Å². The highest BCUT2D eigenvalue weighted by molar-refractivity contribution is 6.30. The van der Waals surface area contributed by atoms with E-state index in [9.17, 15) is 0 Å². The molecule has 0 spiro atoms. The number of rotatable bonds is 0. The maximum Gasteiger partial charge on any atom is 0.157 e. The van der Waals surface area contributed by atoms with Crippen LogP contribution in [-0.4, -0.2) is 17.8 Å². The van der Waals surface area contributed by atoms with Gasteiger partial charge in [0.15, 0.2) is 11.5 Å². The Morgan fingerprint density at radius 1 is 1.70 bits per heavy atom. The van der Waals surface area contributed by atoms with E-state index in [0.29, 0.717) is 5.69 Å². The molecule has 3 nitrogen and oxygen atoms in total. The van der Waals surface area contributed by atoms with Crippen LogP contribution in [0, 0.1) is 12.3 Å². The SMILES string of the molecule is [B]c1cnc(C#C)c(N)n1. The van der Waals surface area contributed by atoms with Crippen molar-refractivity contribution in [3.63, 3.8) is 0 Å². The topological polar surface area (TPSA) is 51.8 Å². The van der Waals surface area contributed by atoms with Gasteiger partial charge in [-0.1, -0.05) is 0 Å². The van der Waals surface area contributed by atoms with E-state index in [1.54, 1.807) is 0 Å². The second kappa shape index (κ2) is 2.40. The first kappa shape index (κ1) is 6.62. The number of hydrogen-bond donors (Lipinski definition) is 1. The Hall–Kier alpha value is -1.50. The van der Waals surface area contributed by atoms with E-state index in [1.807, 2.05) is 0 Å². The summed E-state index contributed by atoms with van der Waals surface area (Å²) in [6.07, 6.45) is 6.39. The fourth-order valence-corrected chi connectivity index (χ4v) is 0.529. The minimum Gasteiger partial charge on any atom is -0.381 e. The maximum absolute atomic E-state index is 5.34. The number of hydrogen-bond acceptors (Lipinski definition) is 3. The summed E-state index contributed by atoms with van der Waals surface area (Å²) >= 11 is 0. The monoisotopic (exact) mass is 129 g/mol. The molecule has 1 aromatic heterocycles. The molecular weight excluding hydrogens is 125 g/mol. The second-order valence-corrected chi connectivity index (χ2v) is 1.67. The molecule has 0 amide bonds. The van der Waals surface area contributed by atoms with Crippen LogP contribution in [0.4, 0.5) is 5.82 Å². The molecule has 2 N–H and O–H groups in total. The lowest BCUT2D eigenvalue weighted by molar-refractivity contribution is 1.22. The second-order valence-electron chi connectivity index (χ2n) is 1.67. The van der Waals surface area contributed by atoms with Crippen molar-refractivity contribution in [2.24, 2.45) is 0 Å². The van der Waals surface area contributed by atoms with Gasteiger partial charge in [0.25, 0.3) is 0 Å². The first-order chi connectivity index (χ1) is 4.74. The molecule has 0 aliphatic rings. The van der Waals surface area contributed by atoms with Gasteiger partial charge in [-0.15, -0.1) is 6.42 Å². The molecule has 0 aliphatic heterocycles. The van der Waals surface area contributed by atoms with Crippen LogP contribution >= 0.6 is 0 Å². The normalized spacial score (nSPS) is 8.70. The molecule has 0 saturated carbocycles. The average molecular weight is 129 g/mol. The molecule has 0 aliphatic carbocycles. The van der Waals surface area contributed by atoms with Gasteiger partial charge in [-0.2, -0.15) is 0 Å². The Kier molecular flexibility index (Phi) is 1.59. The van der Waals surface area contributed by atoms with Gasteiger partial charge in [0.2, 0.25) is 0 Å². The summed E-state index contributed by atoms with van der Waals surface area (Å²) in [6.45, 7) is 0. The number of nitrogen functional groups attached to an aromatic ring is 1. The van der Waals surface area contributed by atoms with Crippen molar-refractivity contribution < 1.29 is 0 Å². The summed E-state index contributed by atoms with van der Waals surface area (Å²) in [5.41, 5.74) is 5.94. The fraction of sp³-hybridized carbons (Fsp3) is 0. The van der Waals surface area contributed by atoms with Crippen LogP contribution in [0.2, 0.25) is 0 Å². The van der Waals surface area contributed by atoms with Gasteiger partial charge < -0.3 is 5.73 Å². The number of aromatic nitrogens is 2. The summed E-state index contributed by atoms with van der Waals surface area (Å²) < 4.78 is 0. The number of anilines is 1. The quantitative estimate of drug-likeness (QED) is 0.354. The molecule has 0 aromatic carbocycles. The standard InChI is InChI=1S/C6H4BN3/c1-2-4-6(8)10-5(7)3-9-4/h1,3H,(H2,8,10). The van der Waals surface area contributed by atoms with Crippen molar-refractivity contribution in [1.82, 2.24) is 9.97 Å². The van der Waals surface area contributed by atoms with Crippen LogP contribution in [-0.2, 0) is 0 Å². The van der Waals surface area contributed by atoms with Crippen molar-refractivity contribution in [1.29, 1.82) is 0 Å². The van der Waals surface area contributed by atoms with Crippen molar-refractivity contribution in [2.45, 2.75) is 0 Å². The molecule has 46 valence electrons. The van der Waals surface area contributed by atoms with Gasteiger partial charge in [-0.3, -0.25) is 0 Å². The molecular formula is C6H4BN3. The Labute approximate surface area is 60.1 Å². The summed E-state index contributed by atoms with van der Waals surface area (Å²) in [6, 6.07) is 0. The van der Waals surface area contributed by atoms with Crippen molar-refractivity contribution >= 4 is 19.3 Å². The Bertz CT molecular complexity index is 290. The van der Waals surface area contributed by atoms with E-state index in [-0.39, 0.29) is 11.4 Å². The van der Waals surface area contributed by atoms with Crippen LogP contribution in [0.5, 0.6) is 0 Å². The predicted octanol–water partition coefficient (Wildman–Crippen LogP) is -1.17. The van der Waals surface area contributed by atoms with E-state index in [2.05, 4.69) is 15.9 Å². The molecule has 1 aromatic rings. The minimum atomic E-state index is 0.197. The van der Waals surface area contributed by atoms with E-state index >= 15 is 0 Å². The zero-order valence-electron chi connectivity index (χ0n) is 5.20. The summed E-state index contributed by atoms with van der Waals surface area (Å²) in [7, 11) is 5.26. The molecule has 0 fully saturated rings. The summed E-state index contributed by atoms with van der Waals surface area (Å²) in [5.74, 6) is 2.47. The molecule has 1 heterocycles. The highest BCUT2D eigenvalue weighted by atomic mass is 14.9. The van der Waals surface area contributed by atoms with E-state index in [0.717, 1.165) is 0 Å². The molecule has 2 radical (unpaired) electrons. The molecule has 1 rings (SSSR count). The van der Waals surface area contributed by atoms with Crippen LogP contribution in [0.15, 0.2) is 6.20 Å². The van der Waals surface area contributed by atoms with Gasteiger partial charge in [0.1, 0.15) is 7.85 Å². The highest BCUT2D eigenvalue weighted by Crippen LogP contribution is 1.96. The predicted molar refractivity (Wildman–Crippen MR) is 39.8 cm³/mol. The first-order valence-electron chi connectivity index (χ1n) is 2.58. The third kappa shape index (κ3) is 1.08. The van der Waals surface area contributed by atoms with Gasteiger partial charge in [0.05, 0.1) is 0 Å². The molecule has 0 saturated heterocycles. The zero-order valence-corrected chi connectivity index (χ0v) is 5.20. The maximum atomic E-state index is 5.34. The van der Waals surface area contributed by atoms with E-state index in [4.69, 9.17) is 20.0 Å². The third-order valence-corrected chi connectivity index (χ3v) is 0.955. The van der Waals surface area contributed by atoms with E-state index in [1.165, 1.54) is 6.20 Å². The molecule has 10 heavy (non-hydrogen) atoms. The zero-order chi connectivity index (χ0) is 7.56. The summed E-state index contributed by atoms with van der Waals surface area (Å²) in [5, 5.41) is 0. The molecule has 0 atom stereocenters. The third-order valence-electron chi connectivity index (χ3n) is 0.955. The smallest absolute Gasteiger partial charge is 0.157 e. The van der Waals surface area contributed by atoms with Crippen molar-refractivity contribution in [3.8, 4) is 12.3 Å². The highest BCUT2D eigenvalue weighted by Gasteiger charge is 1.96. The van der Waals surface area contributed by atoms with Gasteiger partial charge in [-0.25, -0.2) is 9.97 Å². The molecule has 0 bridgehead atoms. The fourth-order valence-electron chi connectivity index (χ4n) is 0.529. The van der Waals surface area contributed by atoms with Crippen LogP contribution < -0.4 is 11.3 Å². The average Bonchev–Trinajstić information content (AvgIpc) is 1.88. The Morgan fingerprint density at radius 2 is 2.40 bits per heavy atom. The van der Waals surface area contributed by atoms with Crippen LogP contribution in [0.3, 0.4) is 0 Å². The van der Waals surface area contributed by atoms with Crippen LogP contribution in [0.25, 0.3) is 0 Å². The molecule has 0 unspecified atom stereocenters. The summed E-state index contributed by atoms with van der Waals surface area (Å²) in [4.78, 5) is 7.44. The number of terminal acetylenes is 1. The van der Waals surface area contributed by atoms with Crippen molar-refractivity contribution in [2.75, 3.05) is 5.73 Å². The lowest BCUT2D eigenvalue weighted by atomic mass is 10.1. The lowest BCUT2D eigenvalue weighted by Gasteiger charge is -1.96. The lowest BCUT2D eigenvalue weighted by Crippen LogP contribution is -2.13. The number of nitrogens with two attached hydrogens (primary N) is 1. The van der Waals surface area contributed by atoms with Gasteiger partial charge in [0, 0.05) is 11.8 Å². The van der Waals surface area contributed by atoms with Crippen molar-refractivity contribution in [3.05, 3.63) is 11.9 Å². The first-order valence-corrected chi connectivity index (χ1v) is 2.58. The van der Waals surface area contributed by atoms with Gasteiger partial charge >= 0.3 is 0 Å². The largest absolute Gasteiger partial charge is 0.381 e. The molecule has 4 heteroatoms. The van der Waals surface area contributed by atoms with Crippen LogP contribution in [0.1, 0.15) is 5.69 Å². The van der Waals surface area contributed by atoms with E-state index < -0.39 is 0 Å².